The molecule has 3 amide bonds. The predicted molar refractivity (Wildman–Crippen MR) is 324 cm³/mol. The van der Waals surface area contributed by atoms with Gasteiger partial charge >= 0.3 is 0 Å². The third kappa shape index (κ3) is 14.2. The van der Waals surface area contributed by atoms with Crippen LogP contribution in [-0.4, -0.2) is 146 Å². The fourth-order valence-electron chi connectivity index (χ4n) is 9.32. The summed E-state index contributed by atoms with van der Waals surface area (Å²) in [4.78, 5) is 51.4. The molecule has 0 aliphatic carbocycles. The van der Waals surface area contributed by atoms with Gasteiger partial charge in [-0.2, -0.15) is 30.6 Å². The SMILES string of the molecule is COCCOCCn1cc(NC(=O)c2ccc(-c3cn[nH]c3)o2)c(-c2nccs2)n1.O=C(Nc1cn(C2CCOCC2)nc1-c1nccs1)c1ccc(-c2cn[nH]c2)o1.O=C(Nc1cn(C2CCOCC2)nc1-c1nccs1)c1ccc(-c2cn[nH]c2)o1. The third-order valence-corrected chi connectivity index (χ3v) is 16.1. The summed E-state index contributed by atoms with van der Waals surface area (Å²) in [7, 11) is 1.63. The van der Waals surface area contributed by atoms with Gasteiger partial charge in [-0.05, 0) is 62.1 Å². The Balaban J connectivity index is 0.000000129. The van der Waals surface area contributed by atoms with Gasteiger partial charge in [-0.1, -0.05) is 0 Å². The highest BCUT2D eigenvalue weighted by atomic mass is 32.1. The van der Waals surface area contributed by atoms with E-state index in [4.69, 9.17) is 42.4 Å². The van der Waals surface area contributed by atoms with Crippen LogP contribution in [0.25, 0.3) is 66.1 Å². The van der Waals surface area contributed by atoms with Crippen molar-refractivity contribution < 1.29 is 46.6 Å². The van der Waals surface area contributed by atoms with Gasteiger partial charge in [0.05, 0.1) is 90.8 Å². The Labute approximate surface area is 511 Å². The first-order valence-electron chi connectivity index (χ1n) is 27.7. The Bertz CT molecular complexity index is 3920. The molecule has 88 heavy (non-hydrogen) atoms. The number of aromatic amines is 3. The second kappa shape index (κ2) is 28.2. The number of amides is 3. The van der Waals surface area contributed by atoms with Crippen LogP contribution in [-0.2, 0) is 25.5 Å². The van der Waals surface area contributed by atoms with Crippen molar-refractivity contribution in [1.82, 2.24) is 74.9 Å². The Morgan fingerprint density at radius 3 is 1.30 bits per heavy atom. The average Bonchev–Trinajstić information content (AvgIpc) is 3.99. The number of nitrogens with zero attached hydrogens (tertiary/aromatic N) is 12. The highest BCUT2D eigenvalue weighted by Gasteiger charge is 2.26. The summed E-state index contributed by atoms with van der Waals surface area (Å²) < 4.78 is 43.9. The zero-order valence-corrected chi connectivity index (χ0v) is 49.4. The molecule has 12 aromatic heterocycles. The van der Waals surface area contributed by atoms with Gasteiger partial charge in [0.25, 0.3) is 17.7 Å². The first-order chi connectivity index (χ1) is 43.3. The molecule has 14 rings (SSSR count). The molecule has 2 fully saturated rings. The minimum absolute atomic E-state index is 0.187. The van der Waals surface area contributed by atoms with Crippen molar-refractivity contribution in [1.29, 1.82) is 0 Å². The van der Waals surface area contributed by atoms with Crippen LogP contribution in [0.5, 0.6) is 0 Å². The van der Waals surface area contributed by atoms with E-state index in [9.17, 15) is 14.4 Å². The summed E-state index contributed by atoms with van der Waals surface area (Å²) in [6.07, 6.45) is 24.2. The van der Waals surface area contributed by atoms with E-state index in [1.807, 2.05) is 37.9 Å². The van der Waals surface area contributed by atoms with Crippen molar-refractivity contribution >= 4 is 68.8 Å². The number of anilines is 3. The Morgan fingerprint density at radius 2 is 0.932 bits per heavy atom. The molecule has 28 nitrogen and oxygen atoms in total. The van der Waals surface area contributed by atoms with Crippen LogP contribution in [0.3, 0.4) is 0 Å². The van der Waals surface area contributed by atoms with E-state index in [1.165, 1.54) is 34.0 Å². The van der Waals surface area contributed by atoms with Gasteiger partial charge in [-0.3, -0.25) is 43.7 Å². The molecule has 0 radical (unpaired) electrons. The second-order valence-electron chi connectivity index (χ2n) is 19.5. The molecule has 2 aliphatic heterocycles. The van der Waals surface area contributed by atoms with Crippen LogP contribution in [0.4, 0.5) is 17.1 Å². The molecule has 452 valence electrons. The summed E-state index contributed by atoms with van der Waals surface area (Å²) in [6.45, 7) is 4.90. The summed E-state index contributed by atoms with van der Waals surface area (Å²) in [5.74, 6) is 1.25. The van der Waals surface area contributed by atoms with Crippen LogP contribution in [0.1, 0.15) is 69.4 Å². The third-order valence-electron chi connectivity index (χ3n) is 13.7. The smallest absolute Gasteiger partial charge is 0.291 e. The lowest BCUT2D eigenvalue weighted by atomic mass is 10.1. The second-order valence-corrected chi connectivity index (χ2v) is 22.2. The highest BCUT2D eigenvalue weighted by molar-refractivity contribution is 7.13. The van der Waals surface area contributed by atoms with Crippen LogP contribution >= 0.6 is 34.0 Å². The van der Waals surface area contributed by atoms with Crippen LogP contribution < -0.4 is 16.0 Å². The number of carbonyl (C=O) groups excluding carboxylic acids is 3. The lowest BCUT2D eigenvalue weighted by Gasteiger charge is -2.22. The van der Waals surface area contributed by atoms with E-state index >= 15 is 0 Å². The normalized spacial score (nSPS) is 13.6. The molecule has 0 saturated carbocycles. The maximum Gasteiger partial charge on any atom is 0.291 e. The number of H-pyrrole nitrogens is 3. The molecule has 0 aromatic carbocycles. The number of hydrogen-bond acceptors (Lipinski definition) is 22. The van der Waals surface area contributed by atoms with Crippen molar-refractivity contribution in [2.45, 2.75) is 44.3 Å². The molecule has 12 aromatic rings. The molecule has 0 spiro atoms. The van der Waals surface area contributed by atoms with Crippen molar-refractivity contribution in [2.24, 2.45) is 0 Å². The first-order valence-corrected chi connectivity index (χ1v) is 30.3. The van der Waals surface area contributed by atoms with Crippen LogP contribution in [0, 0.1) is 0 Å². The van der Waals surface area contributed by atoms with Gasteiger partial charge in [0.2, 0.25) is 0 Å². The molecule has 14 heterocycles. The molecular weight excluding hydrogens is 1190 g/mol. The van der Waals surface area contributed by atoms with Gasteiger partial charge < -0.3 is 48.1 Å². The quantitative estimate of drug-likeness (QED) is 0.0386. The maximum atomic E-state index is 12.8. The van der Waals surface area contributed by atoms with E-state index in [2.05, 4.69) is 66.6 Å². The summed E-state index contributed by atoms with van der Waals surface area (Å²) in [5, 5.41) is 50.4. The number of thiazole rings is 3. The van der Waals surface area contributed by atoms with E-state index in [0.29, 0.717) is 109 Å². The molecule has 2 aliphatic rings. The number of carbonyl (C=O) groups is 3. The van der Waals surface area contributed by atoms with Crippen molar-refractivity contribution in [3.8, 4) is 66.1 Å². The molecular formula is C57H56N18O10S3. The lowest BCUT2D eigenvalue weighted by Crippen LogP contribution is -2.20. The molecule has 0 atom stereocenters. The summed E-state index contributed by atoms with van der Waals surface area (Å²) in [5.41, 5.74) is 5.99. The Hall–Kier alpha value is -9.76. The number of aromatic nitrogens is 15. The first kappa shape index (κ1) is 58.6. The average molecular weight is 1250 g/mol. The number of methoxy groups -OCH3 is 1. The number of furan rings is 3. The van der Waals surface area contributed by atoms with Gasteiger partial charge in [0.15, 0.2) is 17.3 Å². The minimum Gasteiger partial charge on any atom is -0.451 e. The van der Waals surface area contributed by atoms with E-state index < -0.39 is 0 Å². The molecule has 6 N–H and O–H groups in total. The van der Waals surface area contributed by atoms with Gasteiger partial charge in [-0.25, -0.2) is 15.0 Å². The Kier molecular flexibility index (Phi) is 18.8. The molecule has 31 heteroatoms. The standard InChI is InChI=1S/C19H20N6O4S.2C19H18N6O3S/c1-27-7-8-28-6-5-25-12-14(17(24-25)19-20-4-9-30-19)23-18(26)16-3-2-15(29-16)13-10-21-22-11-13;2*26-18(16-2-1-15(28-16)12-9-21-22-10-12)23-14-11-25(13-3-6-27-7-4-13)24-17(14)19-20-5-8-29-19/h2-4,9-12H,5-8H2,1H3,(H,21,22)(H,23,26);2*1-2,5,8-11,13H,3-4,6-7H2,(H,21,22)(H,23,26). The molecule has 0 bridgehead atoms. The minimum atomic E-state index is -0.376. The molecule has 2 saturated heterocycles. The predicted octanol–water partition coefficient (Wildman–Crippen LogP) is 10.1. The highest BCUT2D eigenvalue weighted by Crippen LogP contribution is 2.35. The van der Waals surface area contributed by atoms with E-state index in [1.54, 1.807) is 110 Å². The van der Waals surface area contributed by atoms with Crippen LogP contribution in [0.2, 0.25) is 0 Å². The monoisotopic (exact) mass is 1250 g/mol. The number of ether oxygens (including phenoxy) is 4. The maximum absolute atomic E-state index is 12.8. The van der Waals surface area contributed by atoms with E-state index in [0.717, 1.165) is 52.4 Å². The lowest BCUT2D eigenvalue weighted by molar-refractivity contribution is 0.0654. The number of hydrogen-bond donors (Lipinski definition) is 6. The fraction of sp³-hybridized carbons (Fsp3) is 0.263. The largest absolute Gasteiger partial charge is 0.451 e. The number of rotatable bonds is 20. The fourth-order valence-corrected chi connectivity index (χ4v) is 11.2. The summed E-state index contributed by atoms with van der Waals surface area (Å²) in [6, 6.07) is 10.6. The summed E-state index contributed by atoms with van der Waals surface area (Å²) >= 11 is 4.40. The number of nitrogens with one attached hydrogen (secondary N) is 6. The Morgan fingerprint density at radius 1 is 0.534 bits per heavy atom. The zero-order valence-electron chi connectivity index (χ0n) is 46.9. The van der Waals surface area contributed by atoms with Crippen molar-refractivity contribution in [2.75, 3.05) is 69.3 Å². The van der Waals surface area contributed by atoms with Crippen LogP contribution in [0.15, 0.2) is 140 Å². The van der Waals surface area contributed by atoms with Gasteiger partial charge in [0, 0.05) is 105 Å². The zero-order chi connectivity index (χ0) is 60.0. The van der Waals surface area contributed by atoms with Crippen molar-refractivity contribution in [3.63, 3.8) is 0 Å². The topological polar surface area (TPSA) is 342 Å². The van der Waals surface area contributed by atoms with E-state index in [-0.39, 0.29) is 47.1 Å². The van der Waals surface area contributed by atoms with Gasteiger partial charge in [0.1, 0.15) is 49.4 Å². The molecule has 0 unspecified atom stereocenters. The van der Waals surface area contributed by atoms with Crippen molar-refractivity contribution in [3.05, 3.63) is 144 Å². The van der Waals surface area contributed by atoms with Gasteiger partial charge in [-0.15, -0.1) is 34.0 Å².